The number of phosphoric ester groups is 1. The lowest BCUT2D eigenvalue weighted by Crippen LogP contribution is -2.28. The van der Waals surface area contributed by atoms with Crippen LogP contribution in [0, 0.1) is 0 Å². The van der Waals surface area contributed by atoms with E-state index in [9.17, 15) is 9.46 Å². The Morgan fingerprint density at radius 3 is 2.24 bits per heavy atom. The molecule has 0 aromatic carbocycles. The number of phosphoric acid groups is 1. The monoisotopic (exact) mass is 264 g/mol. The molecule has 1 aromatic rings. The molecule has 100 valence electrons. The van der Waals surface area contributed by atoms with Crippen molar-refractivity contribution >= 4 is 7.82 Å². The summed E-state index contributed by atoms with van der Waals surface area (Å²) in [4.78, 5) is 9.95. The first-order valence-electron chi connectivity index (χ1n) is 5.46. The van der Waals surface area contributed by atoms with Crippen molar-refractivity contribution in [2.45, 2.75) is 33.4 Å². The number of rotatable bonds is 5. The van der Waals surface area contributed by atoms with Crippen molar-refractivity contribution in [2.75, 3.05) is 14.2 Å². The van der Waals surface area contributed by atoms with Crippen LogP contribution < -0.4 is 9.46 Å². The average Bonchev–Trinajstić information content (AvgIpc) is 2.78. The number of hydrogen-bond acceptors (Lipinski definition) is 4. The van der Waals surface area contributed by atoms with Gasteiger partial charge in [-0.25, -0.2) is 9.13 Å². The molecule has 0 aliphatic heterocycles. The Morgan fingerprint density at radius 1 is 1.35 bits per heavy atom. The minimum Gasteiger partial charge on any atom is -0.756 e. The Balaban J connectivity index is 0.000000325. The quantitative estimate of drug-likeness (QED) is 0.586. The van der Waals surface area contributed by atoms with Crippen molar-refractivity contribution in [3.8, 4) is 0 Å². The van der Waals surface area contributed by atoms with E-state index in [-0.39, 0.29) is 0 Å². The number of aromatic nitrogens is 2. The van der Waals surface area contributed by atoms with Crippen LogP contribution in [0.15, 0.2) is 18.7 Å². The van der Waals surface area contributed by atoms with Gasteiger partial charge in [-0.3, -0.25) is 4.57 Å². The van der Waals surface area contributed by atoms with Crippen molar-refractivity contribution in [3.63, 3.8) is 0 Å². The van der Waals surface area contributed by atoms with E-state index < -0.39 is 7.82 Å². The summed E-state index contributed by atoms with van der Waals surface area (Å²) in [7, 11) is -1.83. The van der Waals surface area contributed by atoms with Gasteiger partial charge in [0.05, 0.1) is 13.1 Å². The lowest BCUT2D eigenvalue weighted by Gasteiger charge is -2.16. The second-order valence-electron chi connectivity index (χ2n) is 3.29. The minimum absolute atomic E-state index is 1.04. The zero-order chi connectivity index (χ0) is 13.3. The lowest BCUT2D eigenvalue weighted by atomic mass is 10.5. The van der Waals surface area contributed by atoms with Crippen LogP contribution in [0.3, 0.4) is 0 Å². The highest BCUT2D eigenvalue weighted by atomic mass is 31.2. The molecule has 1 heterocycles. The molecule has 0 saturated carbocycles. The fourth-order valence-electron chi connectivity index (χ4n) is 1.09. The summed E-state index contributed by atoms with van der Waals surface area (Å²) in [6.45, 7) is 6.54. The number of imidazole rings is 1. The van der Waals surface area contributed by atoms with Gasteiger partial charge >= 0.3 is 0 Å². The molecule has 0 aliphatic rings. The molecule has 1 aromatic heterocycles. The smallest absolute Gasteiger partial charge is 0.267 e. The summed E-state index contributed by atoms with van der Waals surface area (Å²) in [5.41, 5.74) is 0. The van der Waals surface area contributed by atoms with Gasteiger partial charge in [-0.2, -0.15) is 0 Å². The summed E-state index contributed by atoms with van der Waals surface area (Å²) in [6, 6.07) is 0. The number of aryl methyl sites for hydroxylation is 2. The third kappa shape index (κ3) is 7.28. The molecule has 0 fully saturated rings. The Morgan fingerprint density at radius 2 is 1.94 bits per heavy atom. The van der Waals surface area contributed by atoms with Crippen LogP contribution in [0.4, 0.5) is 0 Å². The molecular weight excluding hydrogens is 243 g/mol. The Kier molecular flexibility index (Phi) is 8.08. The van der Waals surface area contributed by atoms with Crippen molar-refractivity contribution in [3.05, 3.63) is 18.7 Å². The summed E-state index contributed by atoms with van der Waals surface area (Å²) in [5.74, 6) is 0. The molecule has 0 amide bonds. The van der Waals surface area contributed by atoms with Gasteiger partial charge in [0, 0.05) is 14.2 Å². The molecule has 0 aliphatic carbocycles. The second-order valence-corrected chi connectivity index (χ2v) is 4.92. The van der Waals surface area contributed by atoms with Crippen LogP contribution in [0.1, 0.15) is 20.3 Å². The highest BCUT2D eigenvalue weighted by Crippen LogP contribution is 2.34. The molecule has 0 saturated heterocycles. The third-order valence-corrected chi connectivity index (χ3v) is 2.93. The van der Waals surface area contributed by atoms with E-state index in [0.29, 0.717) is 0 Å². The molecule has 0 atom stereocenters. The highest BCUT2D eigenvalue weighted by molar-refractivity contribution is 7.45. The number of nitrogens with zero attached hydrogens (tertiary/aromatic N) is 2. The van der Waals surface area contributed by atoms with Gasteiger partial charge < -0.3 is 13.9 Å². The van der Waals surface area contributed by atoms with Gasteiger partial charge in [-0.15, -0.1) is 0 Å². The predicted molar refractivity (Wildman–Crippen MR) is 62.2 cm³/mol. The topological polar surface area (TPSA) is 67.4 Å². The van der Waals surface area contributed by atoms with E-state index in [1.807, 2.05) is 0 Å². The van der Waals surface area contributed by atoms with Crippen molar-refractivity contribution < 1.29 is 23.1 Å². The van der Waals surface area contributed by atoms with Gasteiger partial charge in [0.2, 0.25) is 6.33 Å². The summed E-state index contributed by atoms with van der Waals surface area (Å²) in [5, 5.41) is 0. The Labute approximate surface area is 102 Å². The maximum Gasteiger partial charge on any atom is 0.267 e. The molecule has 0 spiro atoms. The number of hydrogen-bond donors (Lipinski definition) is 0. The molecular formula is C10H21N2O4P. The largest absolute Gasteiger partial charge is 0.756 e. The maximum atomic E-state index is 9.95. The zero-order valence-electron chi connectivity index (χ0n) is 10.8. The first-order chi connectivity index (χ1) is 7.99. The van der Waals surface area contributed by atoms with Gasteiger partial charge in [0.15, 0.2) is 0 Å². The van der Waals surface area contributed by atoms with Crippen molar-refractivity contribution in [1.82, 2.24) is 4.57 Å². The van der Waals surface area contributed by atoms with E-state index in [1.54, 1.807) is 0 Å². The standard InChI is InChI=1S/C8H15N2.C2H7O4P/c1-3-5-10-7-6-9(4-2)8-10;1-5-7(3,4)6-2/h6-8H,3-5H2,1-2H3;1-2H3,(H,3,4)/q+1;/p-1. The maximum absolute atomic E-state index is 9.95. The minimum atomic E-state index is -3.90. The van der Waals surface area contributed by atoms with Crippen LogP contribution in [0.5, 0.6) is 0 Å². The first-order valence-corrected chi connectivity index (χ1v) is 6.92. The predicted octanol–water partition coefficient (Wildman–Crippen LogP) is 0.953. The molecule has 0 radical (unpaired) electrons. The second kappa shape index (κ2) is 8.42. The molecule has 0 unspecified atom stereocenters. The van der Waals surface area contributed by atoms with Crippen molar-refractivity contribution in [2.24, 2.45) is 0 Å². The molecule has 1 rings (SSSR count). The summed E-state index contributed by atoms with van der Waals surface area (Å²) >= 11 is 0. The third-order valence-electron chi connectivity index (χ3n) is 2.04. The van der Waals surface area contributed by atoms with E-state index in [0.717, 1.165) is 27.3 Å². The zero-order valence-corrected chi connectivity index (χ0v) is 11.7. The van der Waals surface area contributed by atoms with Crippen LogP contribution in [0.2, 0.25) is 0 Å². The normalized spacial score (nSPS) is 10.9. The lowest BCUT2D eigenvalue weighted by molar-refractivity contribution is -0.693. The van der Waals surface area contributed by atoms with Crippen molar-refractivity contribution in [1.29, 1.82) is 0 Å². The highest BCUT2D eigenvalue weighted by Gasteiger charge is 1.98. The molecule has 17 heavy (non-hydrogen) atoms. The fraction of sp³-hybridized carbons (Fsp3) is 0.700. The summed E-state index contributed by atoms with van der Waals surface area (Å²) in [6.07, 6.45) is 7.57. The van der Waals surface area contributed by atoms with E-state index in [4.69, 9.17) is 0 Å². The SMILES string of the molecule is CCCn1cc[n+](CC)c1.COP(=O)([O-])OC. The van der Waals surface area contributed by atoms with Crippen LogP contribution in [-0.2, 0) is 26.7 Å². The van der Waals surface area contributed by atoms with Gasteiger partial charge in [-0.1, -0.05) is 6.92 Å². The Bertz CT molecular complexity index is 346. The first kappa shape index (κ1) is 16.3. The molecule has 0 bridgehead atoms. The summed E-state index contributed by atoms with van der Waals surface area (Å²) < 4.78 is 22.1. The van der Waals surface area contributed by atoms with Gasteiger partial charge in [0.1, 0.15) is 12.4 Å². The van der Waals surface area contributed by atoms with Crippen LogP contribution >= 0.6 is 7.82 Å². The molecule has 0 N–H and O–H groups in total. The van der Waals surface area contributed by atoms with Gasteiger partial charge in [0.25, 0.3) is 7.82 Å². The van der Waals surface area contributed by atoms with Crippen LogP contribution in [-0.4, -0.2) is 18.8 Å². The van der Waals surface area contributed by atoms with E-state index in [1.165, 1.54) is 6.42 Å². The van der Waals surface area contributed by atoms with E-state index >= 15 is 0 Å². The average molecular weight is 264 g/mol. The van der Waals surface area contributed by atoms with Gasteiger partial charge in [-0.05, 0) is 13.3 Å². The Hall–Kier alpha value is -0.680. The fourth-order valence-corrected chi connectivity index (χ4v) is 1.24. The molecule has 7 heteroatoms. The molecule has 6 nitrogen and oxygen atoms in total. The van der Waals surface area contributed by atoms with Crippen LogP contribution in [0.25, 0.3) is 0 Å². The van der Waals surface area contributed by atoms with E-state index in [2.05, 4.69) is 50.8 Å².